The van der Waals surface area contributed by atoms with E-state index in [1.807, 2.05) is 35.9 Å². The van der Waals surface area contributed by atoms with E-state index < -0.39 is 0 Å². The highest BCUT2D eigenvalue weighted by molar-refractivity contribution is 6.03. The van der Waals surface area contributed by atoms with Crippen LogP contribution in [0.15, 0.2) is 36.7 Å². The van der Waals surface area contributed by atoms with Crippen LogP contribution in [-0.2, 0) is 17.9 Å². The third-order valence-corrected chi connectivity index (χ3v) is 9.40. The van der Waals surface area contributed by atoms with Crippen molar-refractivity contribution in [3.05, 3.63) is 65.0 Å². The lowest BCUT2D eigenvalue weighted by Crippen LogP contribution is -2.44. The van der Waals surface area contributed by atoms with Gasteiger partial charge in [0.05, 0.1) is 22.9 Å². The van der Waals surface area contributed by atoms with Crippen LogP contribution in [0.25, 0.3) is 0 Å². The summed E-state index contributed by atoms with van der Waals surface area (Å²) in [5, 5.41) is 28.3. The number of amides is 1. The molecule has 0 radical (unpaired) electrons. The number of hydrogen-bond acceptors (Lipinski definition) is 7. The molecule has 0 spiro atoms. The van der Waals surface area contributed by atoms with Crippen LogP contribution in [0, 0.1) is 17.2 Å². The van der Waals surface area contributed by atoms with Crippen LogP contribution in [0.5, 0.6) is 0 Å². The van der Waals surface area contributed by atoms with Gasteiger partial charge in [-0.05, 0) is 67.9 Å². The summed E-state index contributed by atoms with van der Waals surface area (Å²) >= 11 is 0. The Morgan fingerprint density at radius 2 is 2.02 bits per heavy atom. The van der Waals surface area contributed by atoms with Gasteiger partial charge in [-0.3, -0.25) is 4.79 Å². The molecule has 2 aromatic heterocycles. The van der Waals surface area contributed by atoms with Crippen LogP contribution in [-0.4, -0.2) is 38.2 Å². The molecule has 9 nitrogen and oxygen atoms in total. The predicted molar refractivity (Wildman–Crippen MR) is 159 cm³/mol. The van der Waals surface area contributed by atoms with Crippen LogP contribution >= 0.6 is 0 Å². The van der Waals surface area contributed by atoms with Crippen molar-refractivity contribution in [2.24, 2.45) is 13.0 Å². The van der Waals surface area contributed by atoms with Gasteiger partial charge in [0.2, 0.25) is 0 Å². The maximum atomic E-state index is 13.7. The maximum absolute atomic E-state index is 13.7. The number of nitriles is 1. The summed E-state index contributed by atoms with van der Waals surface area (Å²) < 4.78 is 1.96. The van der Waals surface area contributed by atoms with E-state index in [4.69, 9.17) is 4.98 Å². The first kappa shape index (κ1) is 27.4. The number of carbonyl (C=O) groups excluding carboxylic acids is 1. The minimum absolute atomic E-state index is 0.109. The van der Waals surface area contributed by atoms with E-state index in [0.717, 1.165) is 53.4 Å². The van der Waals surface area contributed by atoms with Crippen molar-refractivity contribution in [2.75, 3.05) is 17.2 Å². The van der Waals surface area contributed by atoms with Crippen molar-refractivity contribution in [3.8, 4) is 6.07 Å². The molecule has 0 bridgehead atoms. The van der Waals surface area contributed by atoms with Crippen molar-refractivity contribution < 1.29 is 4.79 Å². The molecule has 3 aliphatic rings. The number of aryl methyl sites for hydroxylation is 1. The highest BCUT2D eigenvalue weighted by atomic mass is 16.1. The summed E-state index contributed by atoms with van der Waals surface area (Å²) in [4.78, 5) is 18.6. The molecule has 3 heterocycles. The number of benzene rings is 1. The van der Waals surface area contributed by atoms with E-state index in [2.05, 4.69) is 59.1 Å². The van der Waals surface area contributed by atoms with Gasteiger partial charge in [0.15, 0.2) is 0 Å². The van der Waals surface area contributed by atoms with Crippen LogP contribution in [0.3, 0.4) is 0 Å². The minimum atomic E-state index is -0.330. The van der Waals surface area contributed by atoms with Crippen LogP contribution in [0.4, 0.5) is 11.4 Å². The Labute approximate surface area is 242 Å². The Balaban J connectivity index is 1.29. The normalized spacial score (nSPS) is 23.7. The monoisotopic (exact) mass is 552 g/mol. The zero-order valence-electron chi connectivity index (χ0n) is 24.5. The van der Waals surface area contributed by atoms with Gasteiger partial charge in [0, 0.05) is 43.2 Å². The molecule has 9 heteroatoms. The van der Waals surface area contributed by atoms with Gasteiger partial charge in [-0.15, -0.1) is 10.2 Å². The average molecular weight is 553 g/mol. The Morgan fingerprint density at radius 1 is 1.24 bits per heavy atom. The molecular weight excluding hydrogens is 512 g/mol. The van der Waals surface area contributed by atoms with Gasteiger partial charge in [-0.1, -0.05) is 38.8 Å². The molecule has 1 amide bonds. The molecule has 2 fully saturated rings. The molecule has 1 aliphatic heterocycles. The molecule has 6 rings (SSSR count). The summed E-state index contributed by atoms with van der Waals surface area (Å²) in [5.74, 6) is 0.991. The Kier molecular flexibility index (Phi) is 7.06. The highest BCUT2D eigenvalue weighted by Gasteiger charge is 2.49. The van der Waals surface area contributed by atoms with Crippen molar-refractivity contribution >= 4 is 17.3 Å². The molecule has 2 saturated carbocycles. The lowest BCUT2D eigenvalue weighted by atomic mass is 9.57. The number of fused-ring (bicyclic) bond motifs is 1. The molecule has 214 valence electrons. The number of aromatic nitrogens is 4. The zero-order chi connectivity index (χ0) is 28.8. The van der Waals surface area contributed by atoms with Crippen LogP contribution in [0.2, 0.25) is 0 Å². The summed E-state index contributed by atoms with van der Waals surface area (Å²) in [7, 11) is 1.95. The number of hydrogen-bond donors (Lipinski definition) is 3. The molecular formula is C32H40N8O. The van der Waals surface area contributed by atoms with Gasteiger partial charge < -0.3 is 20.5 Å². The SMILES string of the molecule is CC(NC1CCCC1)c1cc(C(=O)Nc2cccc(C3(c4nncn4C)CC(CC#N)C3)c2)nc2c1NCC2(C)C. The number of anilines is 2. The molecule has 3 aromatic rings. The van der Waals surface area contributed by atoms with Crippen LogP contribution in [0.1, 0.15) is 105 Å². The molecule has 3 N–H and O–H groups in total. The first-order chi connectivity index (χ1) is 19.7. The molecule has 41 heavy (non-hydrogen) atoms. The zero-order valence-corrected chi connectivity index (χ0v) is 24.5. The van der Waals surface area contributed by atoms with E-state index in [9.17, 15) is 10.1 Å². The Bertz CT molecular complexity index is 1490. The summed E-state index contributed by atoms with van der Waals surface area (Å²) in [5.41, 5.74) is 4.84. The van der Waals surface area contributed by atoms with Crippen molar-refractivity contribution in [1.82, 2.24) is 25.1 Å². The van der Waals surface area contributed by atoms with Gasteiger partial charge in [0.1, 0.15) is 17.8 Å². The lowest BCUT2D eigenvalue weighted by Gasteiger charge is -2.46. The quantitative estimate of drug-likeness (QED) is 0.344. The number of nitrogens with one attached hydrogen (secondary N) is 3. The fourth-order valence-corrected chi connectivity index (χ4v) is 7.18. The predicted octanol–water partition coefficient (Wildman–Crippen LogP) is 5.37. The first-order valence-electron chi connectivity index (χ1n) is 14.9. The van der Waals surface area contributed by atoms with Gasteiger partial charge in [-0.2, -0.15) is 5.26 Å². The number of pyridine rings is 1. The first-order valence-corrected chi connectivity index (χ1v) is 14.9. The third-order valence-electron chi connectivity index (χ3n) is 9.40. The van der Waals surface area contributed by atoms with Gasteiger partial charge in [-0.25, -0.2) is 4.98 Å². The Hall–Kier alpha value is -3.77. The third kappa shape index (κ3) is 4.99. The second-order valence-corrected chi connectivity index (χ2v) is 12.9. The molecule has 1 unspecified atom stereocenters. The van der Waals surface area contributed by atoms with Crippen molar-refractivity contribution in [1.29, 1.82) is 5.26 Å². The largest absolute Gasteiger partial charge is 0.382 e. The highest BCUT2D eigenvalue weighted by Crippen LogP contribution is 2.53. The summed E-state index contributed by atoms with van der Waals surface area (Å²) in [6.07, 6.45) is 8.85. The molecule has 0 saturated heterocycles. The van der Waals surface area contributed by atoms with Crippen LogP contribution < -0.4 is 16.0 Å². The second-order valence-electron chi connectivity index (χ2n) is 12.9. The topological polar surface area (TPSA) is 121 Å². The van der Waals surface area contributed by atoms with Gasteiger partial charge >= 0.3 is 0 Å². The van der Waals surface area contributed by atoms with Crippen molar-refractivity contribution in [2.45, 2.75) is 88.6 Å². The molecule has 1 aromatic carbocycles. The van der Waals surface area contributed by atoms with Crippen molar-refractivity contribution in [3.63, 3.8) is 0 Å². The smallest absolute Gasteiger partial charge is 0.274 e. The van der Waals surface area contributed by atoms with E-state index >= 15 is 0 Å². The minimum Gasteiger partial charge on any atom is -0.382 e. The standard InChI is InChI=1S/C32H40N8O/c1-20(36-23-9-5-6-10-23)25-15-26(38-28-27(25)34-18-31(28,2)3)29(41)37-24-11-7-8-22(14-24)32(16-21(17-32)12-13-33)30-39-35-19-40(30)4/h7-8,11,14-15,19-21,23,34,36H,5-6,9-10,12,16-18H2,1-4H3,(H,37,41). The lowest BCUT2D eigenvalue weighted by molar-refractivity contribution is 0.102. The van der Waals surface area contributed by atoms with E-state index in [1.165, 1.54) is 25.7 Å². The fraction of sp³-hybridized carbons (Fsp3) is 0.531. The van der Waals surface area contributed by atoms with E-state index in [0.29, 0.717) is 24.1 Å². The molecule has 1 atom stereocenters. The second kappa shape index (κ2) is 10.6. The van der Waals surface area contributed by atoms with E-state index in [-0.39, 0.29) is 22.8 Å². The Morgan fingerprint density at radius 3 is 2.73 bits per heavy atom. The molecule has 2 aliphatic carbocycles. The summed E-state index contributed by atoms with van der Waals surface area (Å²) in [6.45, 7) is 7.33. The maximum Gasteiger partial charge on any atom is 0.274 e. The number of rotatable bonds is 8. The number of carbonyl (C=O) groups is 1. The van der Waals surface area contributed by atoms with E-state index in [1.54, 1.807) is 6.33 Å². The average Bonchev–Trinajstić information content (AvgIpc) is 3.67. The van der Waals surface area contributed by atoms with Gasteiger partial charge in [0.25, 0.3) is 5.91 Å². The number of nitrogens with zero attached hydrogens (tertiary/aromatic N) is 5. The summed E-state index contributed by atoms with van der Waals surface area (Å²) in [6, 6.07) is 12.9. The fourth-order valence-electron chi connectivity index (χ4n) is 7.18.